The smallest absolute Gasteiger partial charge is 0.127 e. The summed E-state index contributed by atoms with van der Waals surface area (Å²) < 4.78 is 11.3. The molecule has 2 unspecified atom stereocenters. The molecule has 3 rings (SSSR count). The van der Waals surface area contributed by atoms with Crippen LogP contribution in [0.15, 0.2) is 36.4 Å². The zero-order valence-corrected chi connectivity index (χ0v) is 12.6. The molecule has 3 nitrogen and oxygen atoms in total. The second-order valence-corrected chi connectivity index (χ2v) is 5.72. The Morgan fingerprint density at radius 2 is 2.14 bits per heavy atom. The fourth-order valence-electron chi connectivity index (χ4n) is 3.09. The largest absolute Gasteiger partial charge is 0.496 e. The van der Waals surface area contributed by atoms with Gasteiger partial charge in [0.05, 0.1) is 13.7 Å². The van der Waals surface area contributed by atoms with Crippen LogP contribution in [0, 0.1) is 6.92 Å². The third-order valence-electron chi connectivity index (χ3n) is 4.09. The van der Waals surface area contributed by atoms with Crippen molar-refractivity contribution in [1.82, 2.24) is 0 Å². The Bertz CT molecular complexity index is 718. The third kappa shape index (κ3) is 2.23. The van der Waals surface area contributed by atoms with Gasteiger partial charge in [-0.2, -0.15) is 0 Å². The molecule has 0 bridgehead atoms. The van der Waals surface area contributed by atoms with Gasteiger partial charge in [0.25, 0.3) is 0 Å². The first kappa shape index (κ1) is 14.1. The van der Waals surface area contributed by atoms with Crippen molar-refractivity contribution in [2.24, 2.45) is 0 Å². The van der Waals surface area contributed by atoms with Crippen LogP contribution in [0.5, 0.6) is 5.75 Å². The number of hydrogen-bond donors (Lipinski definition) is 1. The van der Waals surface area contributed by atoms with Gasteiger partial charge < -0.3 is 14.6 Å². The molecule has 1 aliphatic rings. The second-order valence-electron chi connectivity index (χ2n) is 5.72. The lowest BCUT2D eigenvalue weighted by Gasteiger charge is -2.32. The number of rotatable bonds is 2. The molecule has 0 fully saturated rings. The Morgan fingerprint density at radius 3 is 2.81 bits per heavy atom. The molecule has 0 saturated carbocycles. The number of methoxy groups -OCH3 is 1. The Hall–Kier alpha value is -1.84. The highest BCUT2D eigenvalue weighted by Crippen LogP contribution is 2.40. The fraction of sp³-hybridized carbons (Fsp3) is 0.333. The summed E-state index contributed by atoms with van der Waals surface area (Å²) in [5, 5.41) is 12.7. The molecule has 0 radical (unpaired) electrons. The molecule has 2 atom stereocenters. The highest BCUT2D eigenvalue weighted by Gasteiger charge is 2.31. The molecule has 0 amide bonds. The van der Waals surface area contributed by atoms with Crippen molar-refractivity contribution in [3.8, 4) is 5.75 Å². The average molecular weight is 284 g/mol. The summed E-state index contributed by atoms with van der Waals surface area (Å²) in [6.45, 7) is 8.28. The van der Waals surface area contributed by atoms with Gasteiger partial charge in [-0.05, 0) is 47.6 Å². The van der Waals surface area contributed by atoms with Crippen LogP contribution in [0.3, 0.4) is 0 Å². The maximum absolute atomic E-state index is 10.5. The van der Waals surface area contributed by atoms with Gasteiger partial charge in [-0.25, -0.2) is 0 Å². The van der Waals surface area contributed by atoms with Gasteiger partial charge in [-0.15, -0.1) is 0 Å². The van der Waals surface area contributed by atoms with Gasteiger partial charge in [-0.3, -0.25) is 0 Å². The van der Waals surface area contributed by atoms with Gasteiger partial charge in [0.1, 0.15) is 18.0 Å². The van der Waals surface area contributed by atoms with Crippen molar-refractivity contribution in [2.75, 3.05) is 7.11 Å². The Balaban J connectivity index is 2.24. The van der Waals surface area contributed by atoms with Crippen LogP contribution >= 0.6 is 0 Å². The SMILES string of the molecule is C=C(C)C1OCc2c(ccc3cc(C)cc(OC)c23)C1O. The predicted molar refractivity (Wildman–Crippen MR) is 83.6 cm³/mol. The monoisotopic (exact) mass is 284 g/mol. The highest BCUT2D eigenvalue weighted by atomic mass is 16.5. The van der Waals surface area contributed by atoms with Gasteiger partial charge in [0.15, 0.2) is 0 Å². The zero-order valence-electron chi connectivity index (χ0n) is 12.6. The number of aliphatic hydroxyl groups is 1. The molecule has 1 heterocycles. The minimum absolute atomic E-state index is 0.341. The van der Waals surface area contributed by atoms with E-state index in [0.717, 1.165) is 38.8 Å². The van der Waals surface area contributed by atoms with Crippen LogP contribution in [-0.4, -0.2) is 18.3 Å². The second kappa shape index (κ2) is 5.17. The van der Waals surface area contributed by atoms with Crippen molar-refractivity contribution in [3.63, 3.8) is 0 Å². The van der Waals surface area contributed by atoms with Crippen LogP contribution in [0.4, 0.5) is 0 Å². The maximum Gasteiger partial charge on any atom is 0.127 e. The number of fused-ring (bicyclic) bond motifs is 3. The van der Waals surface area contributed by atoms with Crippen molar-refractivity contribution in [2.45, 2.75) is 32.7 Å². The highest BCUT2D eigenvalue weighted by molar-refractivity contribution is 5.93. The summed E-state index contributed by atoms with van der Waals surface area (Å²) in [6.07, 6.45) is -1.02. The van der Waals surface area contributed by atoms with Gasteiger partial charge in [-0.1, -0.05) is 24.8 Å². The topological polar surface area (TPSA) is 38.7 Å². The molecule has 1 N–H and O–H groups in total. The third-order valence-corrected chi connectivity index (χ3v) is 4.09. The molecule has 2 aromatic rings. The first-order valence-electron chi connectivity index (χ1n) is 7.08. The molecule has 0 aliphatic carbocycles. The molecule has 2 aromatic carbocycles. The van der Waals surface area contributed by atoms with E-state index in [2.05, 4.69) is 12.6 Å². The lowest BCUT2D eigenvalue weighted by Crippen LogP contribution is -2.28. The van der Waals surface area contributed by atoms with Crippen molar-refractivity contribution >= 4 is 10.8 Å². The summed E-state index contributed by atoms with van der Waals surface area (Å²) >= 11 is 0. The Labute approximate surface area is 124 Å². The standard InChI is InChI=1S/C18H20O3/c1-10(2)18-17(19)13-6-5-12-7-11(3)8-15(20-4)16(12)14(13)9-21-18/h5-8,17-19H,1,9H2,2-4H3. The van der Waals surface area contributed by atoms with Gasteiger partial charge in [0.2, 0.25) is 0 Å². The molecule has 1 aliphatic heterocycles. The quantitative estimate of drug-likeness (QED) is 0.855. The average Bonchev–Trinajstić information content (AvgIpc) is 2.45. The lowest BCUT2D eigenvalue weighted by molar-refractivity contribution is -0.0415. The number of benzene rings is 2. The summed E-state index contributed by atoms with van der Waals surface area (Å²) in [7, 11) is 1.67. The summed E-state index contributed by atoms with van der Waals surface area (Å²) in [5.74, 6) is 0.825. The van der Waals surface area contributed by atoms with Crippen molar-refractivity contribution in [1.29, 1.82) is 0 Å². The molecule has 21 heavy (non-hydrogen) atoms. The van der Waals surface area contributed by atoms with E-state index < -0.39 is 6.10 Å². The van der Waals surface area contributed by atoms with E-state index in [1.807, 2.05) is 32.0 Å². The number of hydrogen-bond acceptors (Lipinski definition) is 3. The minimum Gasteiger partial charge on any atom is -0.496 e. The van der Waals surface area contributed by atoms with Crippen LogP contribution in [0.1, 0.15) is 29.7 Å². The number of aliphatic hydroxyl groups excluding tert-OH is 1. The molecule has 3 heteroatoms. The van der Waals surface area contributed by atoms with E-state index in [-0.39, 0.29) is 6.10 Å². The maximum atomic E-state index is 10.5. The number of aryl methyl sites for hydroxylation is 1. The first-order chi connectivity index (χ1) is 10.0. The van der Waals surface area contributed by atoms with E-state index in [1.54, 1.807) is 7.11 Å². The van der Waals surface area contributed by atoms with Gasteiger partial charge >= 0.3 is 0 Å². The van der Waals surface area contributed by atoms with Crippen LogP contribution in [-0.2, 0) is 11.3 Å². The van der Waals surface area contributed by atoms with E-state index in [0.29, 0.717) is 6.61 Å². The zero-order chi connectivity index (χ0) is 15.1. The Morgan fingerprint density at radius 1 is 1.38 bits per heavy atom. The molecular formula is C18H20O3. The van der Waals surface area contributed by atoms with E-state index in [9.17, 15) is 5.11 Å². The molecule has 0 saturated heterocycles. The number of ether oxygens (including phenoxy) is 2. The molecule has 110 valence electrons. The minimum atomic E-state index is -0.679. The first-order valence-corrected chi connectivity index (χ1v) is 7.08. The van der Waals surface area contributed by atoms with Crippen LogP contribution in [0.2, 0.25) is 0 Å². The Kier molecular flexibility index (Phi) is 3.47. The summed E-state index contributed by atoms with van der Waals surface area (Å²) in [4.78, 5) is 0. The molecule has 0 aromatic heterocycles. The van der Waals surface area contributed by atoms with Crippen LogP contribution in [0.25, 0.3) is 10.8 Å². The van der Waals surface area contributed by atoms with E-state index in [1.165, 1.54) is 0 Å². The summed E-state index contributed by atoms with van der Waals surface area (Å²) in [5.41, 5.74) is 3.90. The predicted octanol–water partition coefficient (Wildman–Crippen LogP) is 3.67. The van der Waals surface area contributed by atoms with Crippen LogP contribution < -0.4 is 4.74 Å². The molecular weight excluding hydrogens is 264 g/mol. The van der Waals surface area contributed by atoms with Gasteiger partial charge in [0, 0.05) is 5.39 Å². The lowest BCUT2D eigenvalue weighted by atomic mass is 9.89. The molecule has 0 spiro atoms. The fourth-order valence-corrected chi connectivity index (χ4v) is 3.09. The van der Waals surface area contributed by atoms with E-state index in [4.69, 9.17) is 9.47 Å². The van der Waals surface area contributed by atoms with Crippen molar-refractivity contribution < 1.29 is 14.6 Å². The summed E-state index contributed by atoms with van der Waals surface area (Å²) in [6, 6.07) is 8.16. The van der Waals surface area contributed by atoms with E-state index >= 15 is 0 Å². The normalized spacial score (nSPS) is 21.1. The van der Waals surface area contributed by atoms with Crippen molar-refractivity contribution in [3.05, 3.63) is 53.1 Å².